The van der Waals surface area contributed by atoms with Crippen molar-refractivity contribution in [3.8, 4) is 11.5 Å². The molecular formula is C20H24N2O3. The molecule has 1 aromatic heterocycles. The summed E-state index contributed by atoms with van der Waals surface area (Å²) < 4.78 is 10.7. The third-order valence-electron chi connectivity index (χ3n) is 4.62. The van der Waals surface area contributed by atoms with Gasteiger partial charge in [0, 0.05) is 12.6 Å². The minimum Gasteiger partial charge on any atom is -0.493 e. The highest BCUT2D eigenvalue weighted by molar-refractivity contribution is 5.77. The Bertz CT molecular complexity index is 714. The van der Waals surface area contributed by atoms with Crippen molar-refractivity contribution in [2.24, 2.45) is 5.92 Å². The topological polar surface area (TPSA) is 60.5 Å². The average Bonchev–Trinajstić information content (AvgIpc) is 3.49. The monoisotopic (exact) mass is 340 g/mol. The number of aromatic nitrogens is 1. The van der Waals surface area contributed by atoms with Gasteiger partial charge in [-0.3, -0.25) is 9.78 Å². The van der Waals surface area contributed by atoms with E-state index in [0.29, 0.717) is 30.4 Å². The molecule has 25 heavy (non-hydrogen) atoms. The van der Waals surface area contributed by atoms with E-state index in [-0.39, 0.29) is 11.8 Å². The molecule has 0 bridgehead atoms. The first kappa shape index (κ1) is 17.3. The molecule has 5 heteroatoms. The predicted octanol–water partition coefficient (Wildman–Crippen LogP) is 3.30. The Morgan fingerprint density at radius 3 is 2.64 bits per heavy atom. The van der Waals surface area contributed by atoms with Crippen molar-refractivity contribution < 1.29 is 14.3 Å². The molecule has 0 radical (unpaired) electrons. The molecule has 1 aliphatic rings. The Kier molecular flexibility index (Phi) is 5.53. The van der Waals surface area contributed by atoms with Crippen molar-refractivity contribution in [1.29, 1.82) is 0 Å². The summed E-state index contributed by atoms with van der Waals surface area (Å²) in [6.07, 6.45) is 4.56. The van der Waals surface area contributed by atoms with Crippen LogP contribution in [-0.4, -0.2) is 25.1 Å². The molecule has 3 rings (SSSR count). The van der Waals surface area contributed by atoms with Crippen LogP contribution in [0.2, 0.25) is 0 Å². The van der Waals surface area contributed by atoms with Crippen LogP contribution in [0, 0.1) is 5.92 Å². The number of amides is 1. The fourth-order valence-corrected chi connectivity index (χ4v) is 3.10. The lowest BCUT2D eigenvalue weighted by molar-refractivity contribution is -0.121. The Balaban J connectivity index is 1.66. The highest BCUT2D eigenvalue weighted by atomic mass is 16.5. The van der Waals surface area contributed by atoms with E-state index in [4.69, 9.17) is 9.47 Å². The van der Waals surface area contributed by atoms with Crippen molar-refractivity contribution >= 4 is 5.91 Å². The van der Waals surface area contributed by atoms with Crippen LogP contribution < -0.4 is 14.8 Å². The summed E-state index contributed by atoms with van der Waals surface area (Å²) in [5.41, 5.74) is 2.00. The summed E-state index contributed by atoms with van der Waals surface area (Å²) in [5.74, 6) is 2.25. The number of carbonyl (C=O) groups is 1. The second-order valence-corrected chi connectivity index (χ2v) is 6.36. The van der Waals surface area contributed by atoms with Crippen LogP contribution in [0.4, 0.5) is 0 Å². The zero-order valence-electron chi connectivity index (χ0n) is 14.7. The molecule has 0 saturated heterocycles. The molecular weight excluding hydrogens is 316 g/mol. The third kappa shape index (κ3) is 4.50. The van der Waals surface area contributed by atoms with Gasteiger partial charge in [-0.1, -0.05) is 12.1 Å². The molecule has 132 valence electrons. The van der Waals surface area contributed by atoms with Crippen LogP contribution in [0.25, 0.3) is 0 Å². The summed E-state index contributed by atoms with van der Waals surface area (Å²) in [6, 6.07) is 11.6. The first-order valence-electron chi connectivity index (χ1n) is 8.59. The Hall–Kier alpha value is -2.56. The van der Waals surface area contributed by atoms with Gasteiger partial charge in [0.1, 0.15) is 0 Å². The lowest BCUT2D eigenvalue weighted by Gasteiger charge is -2.18. The predicted molar refractivity (Wildman–Crippen MR) is 95.7 cm³/mol. The highest BCUT2D eigenvalue weighted by Gasteiger charge is 2.34. The van der Waals surface area contributed by atoms with Crippen LogP contribution in [0.3, 0.4) is 0 Å². The Morgan fingerprint density at radius 2 is 2.00 bits per heavy atom. The molecule has 5 nitrogen and oxygen atoms in total. The second-order valence-electron chi connectivity index (χ2n) is 6.36. The average molecular weight is 340 g/mol. The highest BCUT2D eigenvalue weighted by Crippen LogP contribution is 2.46. The fraction of sp³-hybridized carbons (Fsp3) is 0.400. The summed E-state index contributed by atoms with van der Waals surface area (Å²) in [6.45, 7) is 0.461. The maximum absolute atomic E-state index is 12.4. The van der Waals surface area contributed by atoms with E-state index < -0.39 is 0 Å². The van der Waals surface area contributed by atoms with Crippen molar-refractivity contribution in [3.63, 3.8) is 0 Å². The molecule has 1 heterocycles. The normalized spacial score (nSPS) is 14.6. The summed E-state index contributed by atoms with van der Waals surface area (Å²) in [5, 5.41) is 2.98. The summed E-state index contributed by atoms with van der Waals surface area (Å²) >= 11 is 0. The number of carbonyl (C=O) groups excluding carboxylic acids is 1. The SMILES string of the molecule is COc1ccc(C(CC(=O)NCc2ccccn2)C2CC2)cc1OC. The van der Waals surface area contributed by atoms with E-state index in [9.17, 15) is 4.79 Å². The maximum Gasteiger partial charge on any atom is 0.220 e. The molecule has 0 aliphatic heterocycles. The molecule has 1 fully saturated rings. The van der Waals surface area contributed by atoms with Crippen LogP contribution in [0.15, 0.2) is 42.6 Å². The van der Waals surface area contributed by atoms with Gasteiger partial charge in [0.05, 0.1) is 26.5 Å². The fourth-order valence-electron chi connectivity index (χ4n) is 3.10. The van der Waals surface area contributed by atoms with E-state index in [1.165, 1.54) is 12.8 Å². The lowest BCUT2D eigenvalue weighted by Crippen LogP contribution is -2.25. The van der Waals surface area contributed by atoms with Crippen LogP contribution >= 0.6 is 0 Å². The van der Waals surface area contributed by atoms with E-state index in [0.717, 1.165) is 11.3 Å². The number of nitrogens with one attached hydrogen (secondary N) is 1. The summed E-state index contributed by atoms with van der Waals surface area (Å²) in [4.78, 5) is 16.6. The van der Waals surface area contributed by atoms with E-state index in [2.05, 4.69) is 10.3 Å². The Labute approximate surface area is 148 Å². The minimum atomic E-state index is 0.0531. The molecule has 1 aliphatic carbocycles. The molecule has 1 atom stereocenters. The second kappa shape index (κ2) is 8.01. The number of hydrogen-bond acceptors (Lipinski definition) is 4. The molecule has 1 amide bonds. The number of ether oxygens (including phenoxy) is 2. The van der Waals surface area contributed by atoms with E-state index in [1.807, 2.05) is 36.4 Å². The van der Waals surface area contributed by atoms with Crippen molar-refractivity contribution in [2.45, 2.75) is 31.7 Å². The van der Waals surface area contributed by atoms with Gasteiger partial charge in [0.15, 0.2) is 11.5 Å². The molecule has 1 unspecified atom stereocenters. The first-order chi connectivity index (χ1) is 12.2. The standard InChI is InChI=1S/C20H24N2O3/c1-24-18-9-8-15(11-19(18)25-2)17(14-6-7-14)12-20(23)22-13-16-5-3-4-10-21-16/h3-5,8-11,14,17H,6-7,12-13H2,1-2H3,(H,22,23). The number of pyridine rings is 1. The van der Waals surface area contributed by atoms with Crippen molar-refractivity contribution in [1.82, 2.24) is 10.3 Å². The molecule has 1 N–H and O–H groups in total. The quantitative estimate of drug-likeness (QED) is 0.801. The smallest absolute Gasteiger partial charge is 0.220 e. The van der Waals surface area contributed by atoms with Crippen molar-refractivity contribution in [2.75, 3.05) is 14.2 Å². The number of hydrogen-bond donors (Lipinski definition) is 1. The van der Waals surface area contributed by atoms with Gasteiger partial charge in [0.2, 0.25) is 5.91 Å². The first-order valence-corrected chi connectivity index (χ1v) is 8.59. The van der Waals surface area contributed by atoms with Gasteiger partial charge in [-0.2, -0.15) is 0 Å². The number of nitrogens with zero attached hydrogens (tertiary/aromatic N) is 1. The third-order valence-corrected chi connectivity index (χ3v) is 4.62. The zero-order chi connectivity index (χ0) is 17.6. The van der Waals surface area contributed by atoms with Gasteiger partial charge >= 0.3 is 0 Å². The number of benzene rings is 1. The van der Waals surface area contributed by atoms with Gasteiger partial charge in [-0.05, 0) is 54.5 Å². The van der Waals surface area contributed by atoms with Crippen LogP contribution in [-0.2, 0) is 11.3 Å². The largest absolute Gasteiger partial charge is 0.493 e. The van der Waals surface area contributed by atoms with E-state index in [1.54, 1.807) is 20.4 Å². The minimum absolute atomic E-state index is 0.0531. The Morgan fingerprint density at radius 1 is 1.20 bits per heavy atom. The van der Waals surface area contributed by atoms with Gasteiger partial charge in [-0.15, -0.1) is 0 Å². The molecule has 0 spiro atoms. The lowest BCUT2D eigenvalue weighted by atomic mass is 9.90. The molecule has 2 aromatic rings. The van der Waals surface area contributed by atoms with Crippen LogP contribution in [0.5, 0.6) is 11.5 Å². The van der Waals surface area contributed by atoms with Crippen molar-refractivity contribution in [3.05, 3.63) is 53.9 Å². The van der Waals surface area contributed by atoms with Gasteiger partial charge in [0.25, 0.3) is 0 Å². The van der Waals surface area contributed by atoms with Gasteiger partial charge in [-0.25, -0.2) is 0 Å². The summed E-state index contributed by atoms with van der Waals surface area (Å²) in [7, 11) is 3.26. The number of rotatable bonds is 8. The number of methoxy groups -OCH3 is 2. The molecule has 1 aromatic carbocycles. The van der Waals surface area contributed by atoms with Crippen LogP contribution in [0.1, 0.15) is 36.4 Å². The zero-order valence-corrected chi connectivity index (χ0v) is 14.7. The van der Waals surface area contributed by atoms with Gasteiger partial charge < -0.3 is 14.8 Å². The van der Waals surface area contributed by atoms with E-state index >= 15 is 0 Å². The maximum atomic E-state index is 12.4. The molecule has 1 saturated carbocycles.